The number of halogens is 3. The van der Waals surface area contributed by atoms with Crippen LogP contribution in [-0.2, 0) is 10.0 Å². The molecule has 184 valence electrons. The molecule has 0 bridgehead atoms. The fraction of sp³-hybridized carbons (Fsp3) is 0.435. The van der Waals surface area contributed by atoms with E-state index in [2.05, 4.69) is 0 Å². The van der Waals surface area contributed by atoms with Gasteiger partial charge in [-0.25, -0.2) is 22.0 Å². The summed E-state index contributed by atoms with van der Waals surface area (Å²) in [5, 5.41) is 10.3. The smallest absolute Gasteiger partial charge is 0.320 e. The third kappa shape index (κ3) is 5.13. The summed E-state index contributed by atoms with van der Waals surface area (Å²) < 4.78 is 57.2. The standard InChI is InChI=1S/C23H26ClF2N3O4S/c24-16-5-8-20(9-6-16)34(32,33)29(22-13-17(25)7-10-21(22)26)18-3-1-11-27(14-18)23(31)28-12-2-4-19(30)15-28/h5-10,13,18-19,30H,1-4,11-12,14-15H2. The number of rotatable bonds is 4. The quantitative estimate of drug-likeness (QED) is 0.673. The number of β-amino-alcohol motifs (C(OH)–C–C–N with tert-alkyl or cyclic N) is 1. The summed E-state index contributed by atoms with van der Waals surface area (Å²) in [6.07, 6.45) is 1.54. The van der Waals surface area contributed by atoms with E-state index in [9.17, 15) is 27.1 Å². The molecule has 2 aromatic rings. The largest absolute Gasteiger partial charge is 0.391 e. The first-order chi connectivity index (χ1) is 16.2. The van der Waals surface area contributed by atoms with Crippen LogP contribution in [0.15, 0.2) is 47.4 Å². The van der Waals surface area contributed by atoms with Crippen molar-refractivity contribution in [3.63, 3.8) is 0 Å². The molecule has 2 unspecified atom stereocenters. The van der Waals surface area contributed by atoms with E-state index in [-0.39, 0.29) is 24.0 Å². The van der Waals surface area contributed by atoms with Crippen LogP contribution in [0.3, 0.4) is 0 Å². The maximum absolute atomic E-state index is 14.9. The molecule has 2 heterocycles. The summed E-state index contributed by atoms with van der Waals surface area (Å²) in [6, 6.07) is 6.98. The van der Waals surface area contributed by atoms with Gasteiger partial charge in [-0.05, 0) is 62.1 Å². The Kier molecular flexibility index (Phi) is 7.30. The van der Waals surface area contributed by atoms with Crippen LogP contribution in [0.2, 0.25) is 5.02 Å². The Balaban J connectivity index is 1.69. The third-order valence-corrected chi connectivity index (χ3v) is 8.31. The second-order valence-corrected chi connectivity index (χ2v) is 10.9. The van der Waals surface area contributed by atoms with Crippen LogP contribution in [0.1, 0.15) is 25.7 Å². The molecule has 2 atom stereocenters. The Morgan fingerprint density at radius 2 is 1.65 bits per heavy atom. The van der Waals surface area contributed by atoms with Crippen LogP contribution in [0.25, 0.3) is 0 Å². The van der Waals surface area contributed by atoms with Gasteiger partial charge in [0.25, 0.3) is 10.0 Å². The molecular weight excluding hydrogens is 488 g/mol. The molecule has 0 radical (unpaired) electrons. The number of carbonyl (C=O) groups is 1. The SMILES string of the molecule is O=C(N1CCCC(O)C1)N1CCCC(N(c2cc(F)ccc2F)S(=O)(=O)c2ccc(Cl)cc2)C1. The lowest BCUT2D eigenvalue weighted by molar-refractivity contribution is 0.0675. The normalized spacial score (nSPS) is 21.4. The molecule has 2 aliphatic rings. The number of benzene rings is 2. The Bertz CT molecular complexity index is 1150. The molecular formula is C23H26ClF2N3O4S. The monoisotopic (exact) mass is 513 g/mol. The molecule has 2 fully saturated rings. The number of nitrogens with zero attached hydrogens (tertiary/aromatic N) is 3. The molecule has 0 aromatic heterocycles. The number of anilines is 1. The zero-order valence-corrected chi connectivity index (χ0v) is 20.0. The predicted octanol–water partition coefficient (Wildman–Crippen LogP) is 3.85. The summed E-state index contributed by atoms with van der Waals surface area (Å²) in [4.78, 5) is 16.1. The Labute approximate surface area is 202 Å². The highest BCUT2D eigenvalue weighted by molar-refractivity contribution is 7.92. The number of aliphatic hydroxyl groups excluding tert-OH is 1. The molecule has 34 heavy (non-hydrogen) atoms. The lowest BCUT2D eigenvalue weighted by atomic mass is 10.0. The van der Waals surface area contributed by atoms with Gasteiger partial charge >= 0.3 is 6.03 Å². The maximum Gasteiger partial charge on any atom is 0.320 e. The summed E-state index contributed by atoms with van der Waals surface area (Å²) in [7, 11) is -4.32. The maximum atomic E-state index is 14.9. The fourth-order valence-electron chi connectivity index (χ4n) is 4.55. The molecule has 7 nitrogen and oxygen atoms in total. The molecule has 0 spiro atoms. The van der Waals surface area contributed by atoms with Crippen molar-refractivity contribution in [1.29, 1.82) is 0 Å². The fourth-order valence-corrected chi connectivity index (χ4v) is 6.34. The van der Waals surface area contributed by atoms with Gasteiger partial charge in [-0.3, -0.25) is 4.31 Å². The molecule has 11 heteroatoms. The summed E-state index contributed by atoms with van der Waals surface area (Å²) in [6.45, 7) is 1.13. The number of urea groups is 1. The highest BCUT2D eigenvalue weighted by Crippen LogP contribution is 2.33. The van der Waals surface area contributed by atoms with E-state index in [0.717, 1.165) is 22.5 Å². The number of likely N-dealkylation sites (tertiary alicyclic amines) is 2. The summed E-state index contributed by atoms with van der Waals surface area (Å²) >= 11 is 5.91. The average Bonchev–Trinajstić information content (AvgIpc) is 2.81. The van der Waals surface area contributed by atoms with Crippen molar-refractivity contribution >= 4 is 33.3 Å². The van der Waals surface area contributed by atoms with Crippen molar-refractivity contribution in [2.24, 2.45) is 0 Å². The van der Waals surface area contributed by atoms with Crippen LogP contribution in [0.5, 0.6) is 0 Å². The van der Waals surface area contributed by atoms with Gasteiger partial charge in [0.2, 0.25) is 0 Å². The molecule has 0 saturated carbocycles. The van der Waals surface area contributed by atoms with E-state index in [1.165, 1.54) is 29.2 Å². The second kappa shape index (κ2) is 10.1. The Hall–Kier alpha value is -2.43. The number of hydrogen-bond acceptors (Lipinski definition) is 4. The van der Waals surface area contributed by atoms with Crippen LogP contribution in [0, 0.1) is 11.6 Å². The lowest BCUT2D eigenvalue weighted by Crippen LogP contribution is -2.56. The first-order valence-corrected chi connectivity index (χ1v) is 13.0. The van der Waals surface area contributed by atoms with E-state index >= 15 is 0 Å². The number of amides is 2. The van der Waals surface area contributed by atoms with Crippen LogP contribution in [-0.4, -0.2) is 67.7 Å². The van der Waals surface area contributed by atoms with Gasteiger partial charge < -0.3 is 14.9 Å². The summed E-state index contributed by atoms with van der Waals surface area (Å²) in [5.74, 6) is -1.67. The van der Waals surface area contributed by atoms with Gasteiger partial charge in [-0.2, -0.15) is 0 Å². The van der Waals surface area contributed by atoms with Gasteiger partial charge in [-0.1, -0.05) is 11.6 Å². The average molecular weight is 514 g/mol. The van der Waals surface area contributed by atoms with E-state index in [4.69, 9.17) is 11.6 Å². The van der Waals surface area contributed by atoms with E-state index in [0.29, 0.717) is 43.8 Å². The Morgan fingerprint density at radius 3 is 2.32 bits per heavy atom. The Morgan fingerprint density at radius 1 is 1.00 bits per heavy atom. The van der Waals surface area contributed by atoms with Crippen LogP contribution in [0.4, 0.5) is 19.3 Å². The van der Waals surface area contributed by atoms with Crippen molar-refractivity contribution in [3.8, 4) is 0 Å². The minimum atomic E-state index is -4.32. The van der Waals surface area contributed by atoms with Gasteiger partial charge in [0.15, 0.2) is 0 Å². The topological polar surface area (TPSA) is 81.2 Å². The molecule has 1 N–H and O–H groups in total. The zero-order chi connectivity index (χ0) is 24.5. The molecule has 4 rings (SSSR count). The minimum Gasteiger partial charge on any atom is -0.391 e. The van der Waals surface area contributed by atoms with Gasteiger partial charge in [0.05, 0.1) is 22.7 Å². The first-order valence-electron chi connectivity index (χ1n) is 11.1. The van der Waals surface area contributed by atoms with Crippen molar-refractivity contribution in [3.05, 3.63) is 59.1 Å². The number of carbonyl (C=O) groups excluding carboxylic acids is 1. The van der Waals surface area contributed by atoms with Gasteiger partial charge in [0.1, 0.15) is 11.6 Å². The van der Waals surface area contributed by atoms with Crippen molar-refractivity contribution in [1.82, 2.24) is 9.80 Å². The first kappa shape index (κ1) is 24.7. The number of aliphatic hydroxyl groups is 1. The predicted molar refractivity (Wildman–Crippen MR) is 124 cm³/mol. The molecule has 0 aliphatic carbocycles. The van der Waals surface area contributed by atoms with Crippen molar-refractivity contribution < 1.29 is 27.1 Å². The summed E-state index contributed by atoms with van der Waals surface area (Å²) in [5.41, 5.74) is -0.414. The zero-order valence-electron chi connectivity index (χ0n) is 18.4. The van der Waals surface area contributed by atoms with Crippen molar-refractivity contribution in [2.75, 3.05) is 30.5 Å². The number of hydrogen-bond donors (Lipinski definition) is 1. The molecule has 2 saturated heterocycles. The minimum absolute atomic E-state index is 0.00814. The lowest BCUT2D eigenvalue weighted by Gasteiger charge is -2.42. The van der Waals surface area contributed by atoms with Crippen LogP contribution < -0.4 is 4.31 Å². The molecule has 2 aliphatic heterocycles. The van der Waals surface area contributed by atoms with Gasteiger partial charge in [-0.15, -0.1) is 0 Å². The van der Waals surface area contributed by atoms with E-state index in [1.807, 2.05) is 0 Å². The molecule has 2 amide bonds. The molecule has 2 aromatic carbocycles. The number of sulfonamides is 1. The van der Waals surface area contributed by atoms with Gasteiger partial charge in [0, 0.05) is 37.3 Å². The van der Waals surface area contributed by atoms with Crippen molar-refractivity contribution in [2.45, 2.75) is 42.7 Å². The van der Waals surface area contributed by atoms with Crippen LogP contribution >= 0.6 is 11.6 Å². The number of piperidine rings is 2. The van der Waals surface area contributed by atoms with E-state index < -0.39 is 39.5 Å². The van der Waals surface area contributed by atoms with E-state index in [1.54, 1.807) is 4.90 Å². The highest BCUT2D eigenvalue weighted by atomic mass is 35.5. The second-order valence-electron chi connectivity index (χ2n) is 8.62. The highest BCUT2D eigenvalue weighted by Gasteiger charge is 2.38. The third-order valence-electron chi connectivity index (χ3n) is 6.18.